The summed E-state index contributed by atoms with van der Waals surface area (Å²) in [4.78, 5) is 26.6. The van der Waals surface area contributed by atoms with Crippen molar-refractivity contribution in [1.29, 1.82) is 0 Å². The SMILES string of the molecule is CCCCCNC(=O)c1c[nH]c(=O)c(-c2ccccc2)c1. The lowest BCUT2D eigenvalue weighted by molar-refractivity contribution is 0.0952. The van der Waals surface area contributed by atoms with Gasteiger partial charge in [-0.15, -0.1) is 0 Å². The highest BCUT2D eigenvalue weighted by Crippen LogP contribution is 2.15. The smallest absolute Gasteiger partial charge is 0.255 e. The minimum atomic E-state index is -0.191. The second kappa shape index (κ2) is 7.43. The predicted molar refractivity (Wildman–Crippen MR) is 84.4 cm³/mol. The zero-order valence-corrected chi connectivity index (χ0v) is 12.2. The van der Waals surface area contributed by atoms with E-state index in [0.29, 0.717) is 17.7 Å². The molecular weight excluding hydrogens is 264 g/mol. The van der Waals surface area contributed by atoms with Crippen molar-refractivity contribution < 1.29 is 4.79 Å². The lowest BCUT2D eigenvalue weighted by atomic mass is 10.1. The average molecular weight is 284 g/mol. The third-order valence-electron chi connectivity index (χ3n) is 3.32. The van der Waals surface area contributed by atoms with Crippen LogP contribution in [0.4, 0.5) is 0 Å². The van der Waals surface area contributed by atoms with Crippen LogP contribution in [0.1, 0.15) is 36.5 Å². The lowest BCUT2D eigenvalue weighted by Gasteiger charge is -2.06. The molecule has 0 fully saturated rings. The molecule has 0 bridgehead atoms. The van der Waals surface area contributed by atoms with Crippen LogP contribution in [-0.2, 0) is 0 Å². The molecule has 4 nitrogen and oxygen atoms in total. The number of amides is 1. The number of unbranched alkanes of at least 4 members (excludes halogenated alkanes) is 2. The Morgan fingerprint density at radius 2 is 1.95 bits per heavy atom. The van der Waals surface area contributed by atoms with Gasteiger partial charge in [-0.1, -0.05) is 50.1 Å². The van der Waals surface area contributed by atoms with Gasteiger partial charge in [-0.2, -0.15) is 0 Å². The summed E-state index contributed by atoms with van der Waals surface area (Å²) >= 11 is 0. The maximum atomic E-state index is 12.1. The second-order valence-corrected chi connectivity index (χ2v) is 4.96. The van der Waals surface area contributed by atoms with E-state index >= 15 is 0 Å². The number of carbonyl (C=O) groups is 1. The van der Waals surface area contributed by atoms with Crippen LogP contribution in [0.5, 0.6) is 0 Å². The molecule has 0 aliphatic carbocycles. The van der Waals surface area contributed by atoms with E-state index in [4.69, 9.17) is 0 Å². The number of nitrogens with one attached hydrogen (secondary N) is 2. The van der Waals surface area contributed by atoms with Crippen LogP contribution in [0, 0.1) is 0 Å². The number of hydrogen-bond donors (Lipinski definition) is 2. The Morgan fingerprint density at radius 3 is 2.67 bits per heavy atom. The average Bonchev–Trinajstić information content (AvgIpc) is 2.52. The first-order chi connectivity index (χ1) is 10.2. The Balaban J connectivity index is 2.15. The van der Waals surface area contributed by atoms with E-state index in [2.05, 4.69) is 17.2 Å². The van der Waals surface area contributed by atoms with E-state index < -0.39 is 0 Å². The Labute approximate surface area is 124 Å². The van der Waals surface area contributed by atoms with Gasteiger partial charge in [0.15, 0.2) is 0 Å². The molecule has 0 saturated heterocycles. The first-order valence-electron chi connectivity index (χ1n) is 7.28. The van der Waals surface area contributed by atoms with Crippen LogP contribution in [0.15, 0.2) is 47.4 Å². The minimum Gasteiger partial charge on any atom is -0.352 e. The zero-order chi connectivity index (χ0) is 15.1. The standard InChI is InChI=1S/C17H20N2O2/c1-2-3-7-10-18-16(20)14-11-15(17(21)19-12-14)13-8-5-4-6-9-13/h4-6,8-9,11-12H,2-3,7,10H2,1H3,(H,18,20)(H,19,21). The van der Waals surface area contributed by atoms with E-state index in [9.17, 15) is 9.59 Å². The summed E-state index contributed by atoms with van der Waals surface area (Å²) in [6, 6.07) is 11.0. The van der Waals surface area contributed by atoms with Gasteiger partial charge < -0.3 is 10.3 Å². The summed E-state index contributed by atoms with van der Waals surface area (Å²) in [7, 11) is 0. The van der Waals surface area contributed by atoms with Crippen LogP contribution in [0.2, 0.25) is 0 Å². The fraction of sp³-hybridized carbons (Fsp3) is 0.294. The molecule has 1 aromatic heterocycles. The Hall–Kier alpha value is -2.36. The molecule has 0 spiro atoms. The molecule has 0 unspecified atom stereocenters. The van der Waals surface area contributed by atoms with Gasteiger partial charge in [-0.25, -0.2) is 0 Å². The van der Waals surface area contributed by atoms with Gasteiger partial charge >= 0.3 is 0 Å². The maximum absolute atomic E-state index is 12.1. The molecule has 0 atom stereocenters. The number of carbonyl (C=O) groups excluding carboxylic acids is 1. The number of hydrogen-bond acceptors (Lipinski definition) is 2. The maximum Gasteiger partial charge on any atom is 0.255 e. The summed E-state index contributed by atoms with van der Waals surface area (Å²) < 4.78 is 0. The van der Waals surface area contributed by atoms with Crippen molar-refractivity contribution in [1.82, 2.24) is 10.3 Å². The summed E-state index contributed by atoms with van der Waals surface area (Å²) in [5, 5.41) is 2.87. The van der Waals surface area contributed by atoms with Crippen LogP contribution in [-0.4, -0.2) is 17.4 Å². The first kappa shape index (κ1) is 15.0. The van der Waals surface area contributed by atoms with E-state index in [-0.39, 0.29) is 11.5 Å². The molecule has 21 heavy (non-hydrogen) atoms. The molecule has 2 rings (SSSR count). The highest BCUT2D eigenvalue weighted by molar-refractivity contribution is 5.95. The van der Waals surface area contributed by atoms with Gasteiger partial charge in [0.1, 0.15) is 0 Å². The van der Waals surface area contributed by atoms with Crippen molar-refractivity contribution >= 4 is 5.91 Å². The molecule has 1 heterocycles. The van der Waals surface area contributed by atoms with Gasteiger partial charge in [0.05, 0.1) is 5.56 Å². The number of benzene rings is 1. The summed E-state index contributed by atoms with van der Waals surface area (Å²) in [6.45, 7) is 2.78. The Morgan fingerprint density at radius 1 is 1.19 bits per heavy atom. The quantitative estimate of drug-likeness (QED) is 0.801. The molecule has 2 aromatic rings. The lowest BCUT2D eigenvalue weighted by Crippen LogP contribution is -2.25. The van der Waals surface area contributed by atoms with E-state index in [1.165, 1.54) is 6.20 Å². The molecule has 110 valence electrons. The highest BCUT2D eigenvalue weighted by atomic mass is 16.1. The highest BCUT2D eigenvalue weighted by Gasteiger charge is 2.09. The van der Waals surface area contributed by atoms with Crippen molar-refractivity contribution in [3.05, 3.63) is 58.5 Å². The van der Waals surface area contributed by atoms with Crippen LogP contribution in [0.3, 0.4) is 0 Å². The number of rotatable bonds is 6. The molecule has 4 heteroatoms. The van der Waals surface area contributed by atoms with Gasteiger partial charge in [0, 0.05) is 18.3 Å². The summed E-state index contributed by atoms with van der Waals surface area (Å²) in [5.41, 5.74) is 1.60. The van der Waals surface area contributed by atoms with Crippen LogP contribution < -0.4 is 10.9 Å². The van der Waals surface area contributed by atoms with Crippen LogP contribution in [0.25, 0.3) is 11.1 Å². The normalized spacial score (nSPS) is 10.3. The molecule has 0 saturated carbocycles. The molecule has 0 radical (unpaired) electrons. The molecule has 0 aliphatic heterocycles. The van der Waals surface area contributed by atoms with Crippen molar-refractivity contribution in [2.45, 2.75) is 26.2 Å². The number of pyridine rings is 1. The van der Waals surface area contributed by atoms with Crippen molar-refractivity contribution in [2.75, 3.05) is 6.54 Å². The topological polar surface area (TPSA) is 62.0 Å². The molecule has 0 aliphatic rings. The van der Waals surface area contributed by atoms with Crippen molar-refractivity contribution in [3.8, 4) is 11.1 Å². The van der Waals surface area contributed by atoms with Gasteiger partial charge in [-0.05, 0) is 18.1 Å². The molecule has 1 amide bonds. The number of aromatic amines is 1. The monoisotopic (exact) mass is 284 g/mol. The fourth-order valence-corrected chi connectivity index (χ4v) is 2.13. The van der Waals surface area contributed by atoms with Gasteiger partial charge in [-0.3, -0.25) is 9.59 Å². The van der Waals surface area contributed by atoms with Gasteiger partial charge in [0.25, 0.3) is 11.5 Å². The van der Waals surface area contributed by atoms with Crippen molar-refractivity contribution in [2.24, 2.45) is 0 Å². The fourth-order valence-electron chi connectivity index (χ4n) is 2.13. The molecule has 1 aromatic carbocycles. The second-order valence-electron chi connectivity index (χ2n) is 4.96. The summed E-state index contributed by atoms with van der Waals surface area (Å²) in [5.74, 6) is -0.153. The van der Waals surface area contributed by atoms with E-state index in [0.717, 1.165) is 24.8 Å². The largest absolute Gasteiger partial charge is 0.352 e. The van der Waals surface area contributed by atoms with E-state index in [1.54, 1.807) is 6.07 Å². The first-order valence-corrected chi connectivity index (χ1v) is 7.28. The molecular formula is C17H20N2O2. The predicted octanol–water partition coefficient (Wildman–Crippen LogP) is 2.96. The van der Waals surface area contributed by atoms with E-state index in [1.807, 2.05) is 30.3 Å². The number of H-pyrrole nitrogens is 1. The Bertz CT molecular complexity index is 647. The zero-order valence-electron chi connectivity index (χ0n) is 12.2. The molecule has 2 N–H and O–H groups in total. The van der Waals surface area contributed by atoms with Gasteiger partial charge in [0.2, 0.25) is 0 Å². The summed E-state index contributed by atoms with van der Waals surface area (Å²) in [6.07, 6.45) is 4.65. The Kier molecular flexibility index (Phi) is 5.32. The third-order valence-corrected chi connectivity index (χ3v) is 3.32. The number of aromatic nitrogens is 1. The minimum absolute atomic E-state index is 0.153. The van der Waals surface area contributed by atoms with Crippen LogP contribution >= 0.6 is 0 Å². The van der Waals surface area contributed by atoms with Crippen molar-refractivity contribution in [3.63, 3.8) is 0 Å². The third kappa shape index (κ3) is 4.05.